The molecule has 12 heavy (non-hydrogen) atoms. The maximum atomic E-state index is 4.55. The zero-order valence-electron chi connectivity index (χ0n) is 7.58. The van der Waals surface area contributed by atoms with E-state index < -0.39 is 0 Å². The minimum Gasteiger partial charge on any atom is -0.270 e. The summed E-state index contributed by atoms with van der Waals surface area (Å²) >= 11 is 2.01. The summed E-state index contributed by atoms with van der Waals surface area (Å²) in [4.78, 5) is 0. The molecule has 66 valence electrons. The number of thioether (sulfide) groups is 1. The van der Waals surface area contributed by atoms with Crippen molar-refractivity contribution in [3.63, 3.8) is 0 Å². The maximum absolute atomic E-state index is 4.55. The molecule has 0 amide bonds. The van der Waals surface area contributed by atoms with Crippen molar-refractivity contribution < 1.29 is 0 Å². The first-order valence-electron chi connectivity index (χ1n) is 4.42. The van der Waals surface area contributed by atoms with Crippen molar-refractivity contribution in [2.75, 3.05) is 5.75 Å². The highest BCUT2D eigenvalue weighted by molar-refractivity contribution is 7.98. The summed E-state index contributed by atoms with van der Waals surface area (Å²) in [5.74, 6) is 2.39. The summed E-state index contributed by atoms with van der Waals surface area (Å²) in [5.41, 5.74) is 2.77. The first kappa shape index (κ1) is 8.17. The highest BCUT2D eigenvalue weighted by Gasteiger charge is 2.14. The van der Waals surface area contributed by atoms with Crippen LogP contribution in [0.15, 0.2) is 6.20 Å². The topological polar surface area (TPSA) is 17.8 Å². The molecule has 2 heterocycles. The molecule has 0 N–H and O–H groups in total. The molecule has 0 aliphatic carbocycles. The highest BCUT2D eigenvalue weighted by Crippen LogP contribution is 2.24. The monoisotopic (exact) mass is 182 g/mol. The average molecular weight is 182 g/mol. The molecule has 1 aliphatic rings. The van der Waals surface area contributed by atoms with Crippen LogP contribution in [0.3, 0.4) is 0 Å². The predicted molar refractivity (Wildman–Crippen MR) is 52.5 cm³/mol. The Morgan fingerprint density at radius 2 is 2.42 bits per heavy atom. The van der Waals surface area contributed by atoms with Crippen LogP contribution in [0.4, 0.5) is 0 Å². The molecular weight excluding hydrogens is 168 g/mol. The lowest BCUT2D eigenvalue weighted by Crippen LogP contribution is -2.03. The minimum atomic E-state index is 0.501. The van der Waals surface area contributed by atoms with Gasteiger partial charge in [-0.05, 0) is 19.6 Å². The third kappa shape index (κ3) is 1.38. The van der Waals surface area contributed by atoms with E-state index in [9.17, 15) is 0 Å². The van der Waals surface area contributed by atoms with Crippen LogP contribution in [0.2, 0.25) is 0 Å². The van der Waals surface area contributed by atoms with Gasteiger partial charge in [0.05, 0.1) is 5.69 Å². The number of nitrogens with zero attached hydrogens (tertiary/aromatic N) is 2. The van der Waals surface area contributed by atoms with Gasteiger partial charge in [0.15, 0.2) is 0 Å². The Hall–Kier alpha value is -0.440. The fourth-order valence-electron chi connectivity index (χ4n) is 1.41. The second-order valence-electron chi connectivity index (χ2n) is 3.48. The molecule has 0 unspecified atom stereocenters. The van der Waals surface area contributed by atoms with E-state index in [1.54, 1.807) is 0 Å². The molecule has 0 radical (unpaired) electrons. The number of aryl methyl sites for hydroxylation is 1. The third-order valence-electron chi connectivity index (χ3n) is 2.16. The van der Waals surface area contributed by atoms with Gasteiger partial charge in [-0.15, -0.1) is 0 Å². The zero-order valence-corrected chi connectivity index (χ0v) is 8.40. The molecule has 1 aromatic rings. The molecule has 0 saturated carbocycles. The molecule has 2 nitrogen and oxygen atoms in total. The van der Waals surface area contributed by atoms with Gasteiger partial charge >= 0.3 is 0 Å². The van der Waals surface area contributed by atoms with Crippen molar-refractivity contribution in [1.82, 2.24) is 9.78 Å². The Morgan fingerprint density at radius 3 is 3.08 bits per heavy atom. The van der Waals surface area contributed by atoms with E-state index in [1.165, 1.54) is 17.0 Å². The van der Waals surface area contributed by atoms with Gasteiger partial charge in [-0.25, -0.2) is 0 Å². The molecule has 0 saturated heterocycles. The predicted octanol–water partition coefficient (Wildman–Crippen LogP) is 2.25. The number of hydrogen-bond donors (Lipinski definition) is 0. The molecule has 0 bridgehead atoms. The van der Waals surface area contributed by atoms with E-state index in [4.69, 9.17) is 0 Å². The first-order valence-corrected chi connectivity index (χ1v) is 5.57. The first-order chi connectivity index (χ1) is 5.77. The van der Waals surface area contributed by atoms with Crippen molar-refractivity contribution in [3.05, 3.63) is 17.5 Å². The van der Waals surface area contributed by atoms with E-state index in [-0.39, 0.29) is 0 Å². The maximum Gasteiger partial charge on any atom is 0.0673 e. The summed E-state index contributed by atoms with van der Waals surface area (Å²) in [5, 5.41) is 4.55. The fraction of sp³-hybridized carbons (Fsp3) is 0.667. The van der Waals surface area contributed by atoms with Gasteiger partial charge in [0, 0.05) is 30.0 Å². The Morgan fingerprint density at radius 1 is 1.58 bits per heavy atom. The summed E-state index contributed by atoms with van der Waals surface area (Å²) < 4.78 is 2.08. The van der Waals surface area contributed by atoms with Crippen LogP contribution < -0.4 is 0 Å². The van der Waals surface area contributed by atoms with Crippen LogP contribution in [0, 0.1) is 0 Å². The molecule has 0 spiro atoms. The SMILES string of the molecule is CC(C)n1cc2c(n1)CCSC2. The van der Waals surface area contributed by atoms with Crippen molar-refractivity contribution >= 4 is 11.8 Å². The summed E-state index contributed by atoms with van der Waals surface area (Å²) in [6.07, 6.45) is 3.35. The van der Waals surface area contributed by atoms with Gasteiger partial charge in [-0.2, -0.15) is 16.9 Å². The Balaban J connectivity index is 2.32. The summed E-state index contributed by atoms with van der Waals surface area (Å²) in [6, 6.07) is 0.501. The molecule has 1 aliphatic heterocycles. The lowest BCUT2D eigenvalue weighted by molar-refractivity contribution is 0.527. The van der Waals surface area contributed by atoms with E-state index in [1.807, 2.05) is 11.8 Å². The van der Waals surface area contributed by atoms with Gasteiger partial charge in [0.2, 0.25) is 0 Å². The molecule has 0 fully saturated rings. The molecule has 0 aromatic carbocycles. The third-order valence-corrected chi connectivity index (χ3v) is 3.17. The second-order valence-corrected chi connectivity index (χ2v) is 4.58. The van der Waals surface area contributed by atoms with Crippen molar-refractivity contribution in [2.45, 2.75) is 32.1 Å². The number of rotatable bonds is 1. The molecule has 1 aromatic heterocycles. The van der Waals surface area contributed by atoms with Crippen LogP contribution in [0.5, 0.6) is 0 Å². The van der Waals surface area contributed by atoms with Gasteiger partial charge in [-0.3, -0.25) is 4.68 Å². The molecular formula is C9H14N2S. The van der Waals surface area contributed by atoms with Crippen LogP contribution in [-0.4, -0.2) is 15.5 Å². The minimum absolute atomic E-state index is 0.501. The number of fused-ring (bicyclic) bond motifs is 1. The Labute approximate surface area is 77.3 Å². The van der Waals surface area contributed by atoms with Gasteiger partial charge < -0.3 is 0 Å². The van der Waals surface area contributed by atoms with E-state index >= 15 is 0 Å². The fourth-order valence-corrected chi connectivity index (χ4v) is 2.36. The van der Waals surface area contributed by atoms with E-state index in [0.29, 0.717) is 6.04 Å². The summed E-state index contributed by atoms with van der Waals surface area (Å²) in [6.45, 7) is 4.34. The zero-order chi connectivity index (χ0) is 8.55. The lowest BCUT2D eigenvalue weighted by Gasteiger charge is -2.06. The van der Waals surface area contributed by atoms with Crippen molar-refractivity contribution in [1.29, 1.82) is 0 Å². The van der Waals surface area contributed by atoms with E-state index in [2.05, 4.69) is 29.8 Å². The highest BCUT2D eigenvalue weighted by atomic mass is 32.2. The molecule has 2 rings (SSSR count). The summed E-state index contributed by atoms with van der Waals surface area (Å²) in [7, 11) is 0. The Kier molecular flexibility index (Phi) is 2.13. The molecule has 0 atom stereocenters. The van der Waals surface area contributed by atoms with Gasteiger partial charge in [0.25, 0.3) is 0 Å². The molecule has 3 heteroatoms. The quantitative estimate of drug-likeness (QED) is 0.663. The smallest absolute Gasteiger partial charge is 0.0673 e. The standard InChI is InChI=1S/C9H14N2S/c1-7(2)11-5-8-6-12-4-3-9(8)10-11/h5,7H,3-4,6H2,1-2H3. The Bertz CT molecular complexity index is 255. The second kappa shape index (κ2) is 3.13. The van der Waals surface area contributed by atoms with Gasteiger partial charge in [0.1, 0.15) is 0 Å². The van der Waals surface area contributed by atoms with Crippen molar-refractivity contribution in [3.8, 4) is 0 Å². The number of hydrogen-bond acceptors (Lipinski definition) is 2. The largest absolute Gasteiger partial charge is 0.270 e. The normalized spacial score (nSPS) is 16.6. The van der Waals surface area contributed by atoms with E-state index in [0.717, 1.165) is 12.2 Å². The average Bonchev–Trinajstić information content (AvgIpc) is 2.46. The van der Waals surface area contributed by atoms with Crippen LogP contribution >= 0.6 is 11.8 Å². The van der Waals surface area contributed by atoms with Crippen LogP contribution in [0.1, 0.15) is 31.1 Å². The van der Waals surface area contributed by atoms with Crippen LogP contribution in [0.25, 0.3) is 0 Å². The lowest BCUT2D eigenvalue weighted by atomic mass is 10.2. The van der Waals surface area contributed by atoms with Crippen molar-refractivity contribution in [2.24, 2.45) is 0 Å². The van der Waals surface area contributed by atoms with Crippen LogP contribution in [-0.2, 0) is 12.2 Å². The number of aromatic nitrogens is 2. The van der Waals surface area contributed by atoms with Gasteiger partial charge in [-0.1, -0.05) is 0 Å².